The average Bonchev–Trinajstić information content (AvgIpc) is 2.90. The molecule has 1 atom stereocenters. The zero-order chi connectivity index (χ0) is 17.7. The number of carbonyl (C=O) groups excluding carboxylic acids is 1. The molecule has 134 valence electrons. The number of nitrogens with zero attached hydrogens (tertiary/aromatic N) is 2. The summed E-state index contributed by atoms with van der Waals surface area (Å²) >= 11 is 0. The fraction of sp³-hybridized carbons (Fsp3) is 0.737. The molecular weight excluding hydrogens is 302 g/mol. The summed E-state index contributed by atoms with van der Waals surface area (Å²) in [6.45, 7) is 16.5. The number of primary amides is 1. The number of morpholine rings is 1. The smallest absolute Gasteiger partial charge is 0.227 e. The van der Waals surface area contributed by atoms with E-state index in [-0.39, 0.29) is 11.3 Å². The zero-order valence-electron chi connectivity index (χ0n) is 15.7. The first-order valence-corrected chi connectivity index (χ1v) is 8.99. The number of nitrogens with two attached hydrogens (primary N) is 1. The SMILES string of the molecule is Cc1c2c(c(C)n1CCN1CCOCC1)C(C)(C(N)=O)CC2(C)C. The van der Waals surface area contributed by atoms with Crippen LogP contribution in [0.15, 0.2) is 0 Å². The van der Waals surface area contributed by atoms with Crippen molar-refractivity contribution in [3.05, 3.63) is 22.5 Å². The number of carbonyl (C=O) groups is 1. The maximum absolute atomic E-state index is 12.2. The lowest BCUT2D eigenvalue weighted by atomic mass is 9.79. The second kappa shape index (κ2) is 5.88. The summed E-state index contributed by atoms with van der Waals surface area (Å²) in [6.07, 6.45) is 0.798. The Morgan fingerprint density at radius 1 is 1.08 bits per heavy atom. The van der Waals surface area contributed by atoms with Crippen LogP contribution in [0.2, 0.25) is 0 Å². The lowest BCUT2D eigenvalue weighted by molar-refractivity contribution is -0.123. The van der Waals surface area contributed by atoms with Crippen LogP contribution in [0, 0.1) is 13.8 Å². The lowest BCUT2D eigenvalue weighted by Crippen LogP contribution is -2.39. The van der Waals surface area contributed by atoms with Crippen LogP contribution in [0.25, 0.3) is 0 Å². The predicted molar refractivity (Wildman–Crippen MR) is 95.4 cm³/mol. The van der Waals surface area contributed by atoms with Crippen LogP contribution in [0.3, 0.4) is 0 Å². The van der Waals surface area contributed by atoms with Crippen molar-refractivity contribution in [1.29, 1.82) is 0 Å². The minimum atomic E-state index is -0.558. The number of fused-ring (bicyclic) bond motifs is 1. The van der Waals surface area contributed by atoms with Gasteiger partial charge >= 0.3 is 0 Å². The Morgan fingerprint density at radius 3 is 2.25 bits per heavy atom. The molecule has 1 saturated heterocycles. The van der Waals surface area contributed by atoms with Gasteiger partial charge < -0.3 is 15.0 Å². The average molecular weight is 333 g/mol. The monoisotopic (exact) mass is 333 g/mol. The van der Waals surface area contributed by atoms with Crippen LogP contribution in [0.4, 0.5) is 0 Å². The highest BCUT2D eigenvalue weighted by Gasteiger charge is 2.51. The Hall–Kier alpha value is -1.33. The number of hydrogen-bond acceptors (Lipinski definition) is 3. The first-order valence-electron chi connectivity index (χ1n) is 8.99. The molecule has 24 heavy (non-hydrogen) atoms. The normalized spacial score (nSPS) is 26.5. The van der Waals surface area contributed by atoms with Crippen LogP contribution in [-0.2, 0) is 26.9 Å². The van der Waals surface area contributed by atoms with E-state index in [1.165, 1.54) is 22.5 Å². The number of hydrogen-bond donors (Lipinski definition) is 1. The van der Waals surface area contributed by atoms with E-state index in [2.05, 4.69) is 37.2 Å². The summed E-state index contributed by atoms with van der Waals surface area (Å²) in [5, 5.41) is 0. The molecule has 1 aliphatic carbocycles. The molecule has 1 fully saturated rings. The third-order valence-electron chi connectivity index (χ3n) is 6.09. The summed E-state index contributed by atoms with van der Waals surface area (Å²) in [4.78, 5) is 14.7. The van der Waals surface area contributed by atoms with Gasteiger partial charge in [-0.25, -0.2) is 0 Å². The van der Waals surface area contributed by atoms with Gasteiger partial charge in [0.25, 0.3) is 0 Å². The largest absolute Gasteiger partial charge is 0.379 e. The Balaban J connectivity index is 1.95. The summed E-state index contributed by atoms with van der Waals surface area (Å²) in [5.41, 5.74) is 10.3. The number of rotatable bonds is 4. The van der Waals surface area contributed by atoms with Gasteiger partial charge in [-0.2, -0.15) is 0 Å². The molecule has 1 aromatic heterocycles. The van der Waals surface area contributed by atoms with Crippen molar-refractivity contribution in [3.63, 3.8) is 0 Å². The molecule has 1 unspecified atom stereocenters. The molecule has 5 nitrogen and oxygen atoms in total. The molecule has 2 heterocycles. The highest BCUT2D eigenvalue weighted by atomic mass is 16.5. The highest BCUT2D eigenvalue weighted by Crippen LogP contribution is 2.52. The standard InChI is InChI=1S/C19H31N3O2/c1-13-15-16(19(5,17(20)23)12-18(15,3)4)14(2)22(13)7-6-21-8-10-24-11-9-21/h6-12H2,1-5H3,(H2,20,23). The summed E-state index contributed by atoms with van der Waals surface area (Å²) in [7, 11) is 0. The van der Waals surface area contributed by atoms with Crippen molar-refractivity contribution >= 4 is 5.91 Å². The van der Waals surface area contributed by atoms with Crippen molar-refractivity contribution in [2.45, 2.75) is 58.4 Å². The van der Waals surface area contributed by atoms with Crippen molar-refractivity contribution in [1.82, 2.24) is 9.47 Å². The Kier molecular flexibility index (Phi) is 4.29. The maximum Gasteiger partial charge on any atom is 0.227 e. The Morgan fingerprint density at radius 2 is 1.67 bits per heavy atom. The van der Waals surface area contributed by atoms with Gasteiger partial charge in [0.2, 0.25) is 5.91 Å². The van der Waals surface area contributed by atoms with Crippen LogP contribution >= 0.6 is 0 Å². The van der Waals surface area contributed by atoms with Crippen molar-refractivity contribution in [3.8, 4) is 0 Å². The quantitative estimate of drug-likeness (QED) is 0.915. The molecule has 1 aliphatic heterocycles. The lowest BCUT2D eigenvalue weighted by Gasteiger charge is -2.29. The highest BCUT2D eigenvalue weighted by molar-refractivity contribution is 5.89. The number of aromatic nitrogens is 1. The minimum absolute atomic E-state index is 0.0157. The second-order valence-corrected chi connectivity index (χ2v) is 8.28. The van der Waals surface area contributed by atoms with Gasteiger partial charge in [0.15, 0.2) is 0 Å². The topological polar surface area (TPSA) is 60.5 Å². The van der Waals surface area contributed by atoms with E-state index in [4.69, 9.17) is 10.5 Å². The van der Waals surface area contributed by atoms with E-state index in [0.717, 1.165) is 45.8 Å². The van der Waals surface area contributed by atoms with Gasteiger partial charge in [0, 0.05) is 37.6 Å². The summed E-state index contributed by atoms with van der Waals surface area (Å²) in [6, 6.07) is 0. The maximum atomic E-state index is 12.2. The van der Waals surface area contributed by atoms with E-state index in [1.54, 1.807) is 0 Å². The summed E-state index contributed by atoms with van der Waals surface area (Å²) < 4.78 is 7.82. The first-order chi connectivity index (χ1) is 11.2. The molecule has 2 N–H and O–H groups in total. The van der Waals surface area contributed by atoms with E-state index >= 15 is 0 Å². The van der Waals surface area contributed by atoms with Crippen molar-refractivity contribution in [2.24, 2.45) is 5.73 Å². The number of ether oxygens (including phenoxy) is 1. The molecule has 0 bridgehead atoms. The fourth-order valence-corrected chi connectivity index (χ4v) is 5.06. The van der Waals surface area contributed by atoms with Gasteiger partial charge in [0.05, 0.1) is 18.6 Å². The second-order valence-electron chi connectivity index (χ2n) is 8.28. The van der Waals surface area contributed by atoms with Crippen LogP contribution < -0.4 is 5.73 Å². The van der Waals surface area contributed by atoms with E-state index < -0.39 is 5.41 Å². The van der Waals surface area contributed by atoms with Crippen LogP contribution in [0.5, 0.6) is 0 Å². The molecule has 0 radical (unpaired) electrons. The molecular formula is C19H31N3O2. The molecule has 0 aromatic carbocycles. The van der Waals surface area contributed by atoms with E-state index in [1.807, 2.05) is 6.92 Å². The Labute approximate surface area is 145 Å². The molecule has 1 aromatic rings. The van der Waals surface area contributed by atoms with Gasteiger partial charge in [0.1, 0.15) is 0 Å². The molecule has 3 rings (SSSR count). The van der Waals surface area contributed by atoms with Gasteiger partial charge in [-0.15, -0.1) is 0 Å². The van der Waals surface area contributed by atoms with Gasteiger partial charge in [-0.1, -0.05) is 13.8 Å². The zero-order valence-corrected chi connectivity index (χ0v) is 15.7. The molecule has 5 heteroatoms. The van der Waals surface area contributed by atoms with Gasteiger partial charge in [-0.3, -0.25) is 9.69 Å². The van der Waals surface area contributed by atoms with Crippen LogP contribution in [-0.4, -0.2) is 48.2 Å². The van der Waals surface area contributed by atoms with Crippen molar-refractivity contribution in [2.75, 3.05) is 32.8 Å². The first kappa shape index (κ1) is 17.5. The summed E-state index contributed by atoms with van der Waals surface area (Å²) in [5.74, 6) is -0.206. The fourth-order valence-electron chi connectivity index (χ4n) is 5.06. The molecule has 0 saturated carbocycles. The van der Waals surface area contributed by atoms with Gasteiger partial charge in [-0.05, 0) is 43.7 Å². The van der Waals surface area contributed by atoms with E-state index in [0.29, 0.717) is 0 Å². The minimum Gasteiger partial charge on any atom is -0.379 e. The van der Waals surface area contributed by atoms with Crippen LogP contribution in [0.1, 0.15) is 49.7 Å². The molecule has 0 spiro atoms. The Bertz CT molecular complexity index is 656. The third-order valence-corrected chi connectivity index (χ3v) is 6.09. The molecule has 1 amide bonds. The number of amides is 1. The van der Waals surface area contributed by atoms with Crippen molar-refractivity contribution < 1.29 is 9.53 Å². The third kappa shape index (κ3) is 2.58. The molecule has 2 aliphatic rings. The predicted octanol–water partition coefficient (Wildman–Crippen LogP) is 1.86. The van der Waals surface area contributed by atoms with E-state index in [9.17, 15) is 4.79 Å².